The lowest BCUT2D eigenvalue weighted by atomic mass is 10.2. The topological polar surface area (TPSA) is 50.9 Å². The first-order valence-corrected chi connectivity index (χ1v) is 5.12. The Hall–Kier alpha value is -1.09. The van der Waals surface area contributed by atoms with E-state index in [-0.39, 0.29) is 0 Å². The van der Waals surface area contributed by atoms with Crippen molar-refractivity contribution in [2.75, 3.05) is 5.32 Å². The normalized spacial score (nSPS) is 10.6. The fourth-order valence-corrected chi connectivity index (χ4v) is 1.32. The van der Waals surface area contributed by atoms with Gasteiger partial charge in [0.2, 0.25) is 0 Å². The molecule has 0 fully saturated rings. The Labute approximate surface area is 85.7 Å². The fourth-order valence-electron chi connectivity index (χ4n) is 1.32. The van der Waals surface area contributed by atoms with Crippen LogP contribution >= 0.6 is 0 Å². The molecule has 3 nitrogen and oxygen atoms in total. The highest BCUT2D eigenvalue weighted by atomic mass is 15.0. The molecular formula is C11H19N3. The molecule has 78 valence electrons. The van der Waals surface area contributed by atoms with E-state index in [2.05, 4.69) is 37.1 Å². The molecule has 0 saturated heterocycles. The number of aryl methyl sites for hydroxylation is 1. The predicted molar refractivity (Wildman–Crippen MR) is 60.3 cm³/mol. The van der Waals surface area contributed by atoms with Crippen molar-refractivity contribution in [1.82, 2.24) is 4.98 Å². The van der Waals surface area contributed by atoms with Gasteiger partial charge in [0.05, 0.1) is 0 Å². The van der Waals surface area contributed by atoms with Crippen molar-refractivity contribution in [2.24, 2.45) is 5.73 Å². The molecule has 0 aliphatic rings. The highest BCUT2D eigenvalue weighted by Gasteiger charge is 2.01. The Balaban J connectivity index is 2.92. The third-order valence-corrected chi connectivity index (χ3v) is 1.97. The maximum atomic E-state index is 5.62. The summed E-state index contributed by atoms with van der Waals surface area (Å²) in [5, 5.41) is 3.29. The molecule has 0 unspecified atom stereocenters. The van der Waals surface area contributed by atoms with E-state index in [9.17, 15) is 0 Å². The molecular weight excluding hydrogens is 174 g/mol. The minimum atomic E-state index is 0.403. The number of nitrogens with two attached hydrogens (primary N) is 1. The van der Waals surface area contributed by atoms with Gasteiger partial charge < -0.3 is 11.1 Å². The van der Waals surface area contributed by atoms with Crippen molar-refractivity contribution in [3.05, 3.63) is 23.4 Å². The number of anilines is 1. The summed E-state index contributed by atoms with van der Waals surface area (Å²) in [4.78, 5) is 4.47. The van der Waals surface area contributed by atoms with Gasteiger partial charge in [-0.05, 0) is 38.0 Å². The zero-order valence-electron chi connectivity index (χ0n) is 9.17. The minimum absolute atomic E-state index is 0.403. The number of rotatable bonds is 4. The number of hydrogen-bond donors (Lipinski definition) is 2. The fraction of sp³-hybridized carbons (Fsp3) is 0.545. The molecule has 1 heterocycles. The molecule has 0 aliphatic carbocycles. The van der Waals surface area contributed by atoms with E-state index in [1.807, 2.05) is 6.07 Å². The molecule has 0 aliphatic heterocycles. The summed E-state index contributed by atoms with van der Waals surface area (Å²) in [5.74, 6) is 0.930. The lowest BCUT2D eigenvalue weighted by Gasteiger charge is -2.11. The van der Waals surface area contributed by atoms with Gasteiger partial charge in [-0.3, -0.25) is 0 Å². The van der Waals surface area contributed by atoms with Crippen LogP contribution in [0, 0.1) is 0 Å². The Morgan fingerprint density at radius 1 is 1.43 bits per heavy atom. The molecule has 1 aromatic heterocycles. The third-order valence-electron chi connectivity index (χ3n) is 1.97. The van der Waals surface area contributed by atoms with Crippen LogP contribution in [0.15, 0.2) is 12.1 Å². The van der Waals surface area contributed by atoms with Gasteiger partial charge in [-0.1, -0.05) is 6.92 Å². The van der Waals surface area contributed by atoms with Gasteiger partial charge in [-0.25, -0.2) is 4.98 Å². The Kier molecular flexibility index (Phi) is 3.89. The number of pyridine rings is 1. The molecule has 3 heteroatoms. The van der Waals surface area contributed by atoms with E-state index in [0.717, 1.165) is 23.5 Å². The van der Waals surface area contributed by atoms with Gasteiger partial charge >= 0.3 is 0 Å². The molecule has 14 heavy (non-hydrogen) atoms. The van der Waals surface area contributed by atoms with E-state index < -0.39 is 0 Å². The quantitative estimate of drug-likeness (QED) is 0.768. The summed E-state index contributed by atoms with van der Waals surface area (Å²) in [6, 6.07) is 4.48. The maximum Gasteiger partial charge on any atom is 0.126 e. The lowest BCUT2D eigenvalue weighted by Crippen LogP contribution is -2.12. The average molecular weight is 193 g/mol. The molecule has 0 spiro atoms. The summed E-state index contributed by atoms with van der Waals surface area (Å²) < 4.78 is 0. The zero-order chi connectivity index (χ0) is 10.6. The Bertz CT molecular complexity index is 272. The first-order valence-electron chi connectivity index (χ1n) is 5.12. The molecule has 0 amide bonds. The van der Waals surface area contributed by atoms with Gasteiger partial charge in [0.15, 0.2) is 0 Å². The lowest BCUT2D eigenvalue weighted by molar-refractivity contribution is 0.878. The van der Waals surface area contributed by atoms with Crippen molar-refractivity contribution in [3.63, 3.8) is 0 Å². The second-order valence-electron chi connectivity index (χ2n) is 3.71. The van der Waals surface area contributed by atoms with E-state index in [0.29, 0.717) is 12.6 Å². The molecule has 0 atom stereocenters. The van der Waals surface area contributed by atoms with Crippen LogP contribution in [0.3, 0.4) is 0 Å². The Morgan fingerprint density at radius 3 is 2.64 bits per heavy atom. The maximum absolute atomic E-state index is 5.62. The van der Waals surface area contributed by atoms with Crippen molar-refractivity contribution >= 4 is 5.82 Å². The largest absolute Gasteiger partial charge is 0.368 e. The van der Waals surface area contributed by atoms with Crippen LogP contribution in [0.2, 0.25) is 0 Å². The number of nitrogens with zero attached hydrogens (tertiary/aromatic N) is 1. The van der Waals surface area contributed by atoms with Crippen molar-refractivity contribution < 1.29 is 0 Å². The summed E-state index contributed by atoms with van der Waals surface area (Å²) >= 11 is 0. The van der Waals surface area contributed by atoms with E-state index in [1.165, 1.54) is 0 Å². The van der Waals surface area contributed by atoms with Crippen LogP contribution < -0.4 is 11.1 Å². The highest BCUT2D eigenvalue weighted by molar-refractivity contribution is 5.40. The number of hydrogen-bond acceptors (Lipinski definition) is 3. The minimum Gasteiger partial charge on any atom is -0.368 e. The van der Waals surface area contributed by atoms with Gasteiger partial charge in [0, 0.05) is 18.3 Å². The van der Waals surface area contributed by atoms with Crippen LogP contribution in [-0.2, 0) is 13.0 Å². The first-order chi connectivity index (χ1) is 6.65. The molecule has 0 bridgehead atoms. The SMILES string of the molecule is CCc1cc(CN)cc(NC(C)C)n1. The second-order valence-corrected chi connectivity index (χ2v) is 3.71. The van der Waals surface area contributed by atoms with E-state index in [4.69, 9.17) is 5.73 Å². The van der Waals surface area contributed by atoms with Crippen LogP contribution in [0.4, 0.5) is 5.82 Å². The summed E-state index contributed by atoms with van der Waals surface area (Å²) in [6.07, 6.45) is 0.945. The summed E-state index contributed by atoms with van der Waals surface area (Å²) in [5.41, 5.74) is 7.85. The van der Waals surface area contributed by atoms with E-state index >= 15 is 0 Å². The van der Waals surface area contributed by atoms with Crippen molar-refractivity contribution in [3.8, 4) is 0 Å². The second kappa shape index (κ2) is 4.96. The summed E-state index contributed by atoms with van der Waals surface area (Å²) in [6.45, 7) is 6.87. The average Bonchev–Trinajstić information content (AvgIpc) is 2.16. The van der Waals surface area contributed by atoms with Crippen LogP contribution in [0.25, 0.3) is 0 Å². The first kappa shape index (κ1) is 11.0. The van der Waals surface area contributed by atoms with Gasteiger partial charge in [-0.15, -0.1) is 0 Å². The smallest absolute Gasteiger partial charge is 0.126 e. The zero-order valence-corrected chi connectivity index (χ0v) is 9.17. The molecule has 0 radical (unpaired) electrons. The number of aromatic nitrogens is 1. The molecule has 3 N–H and O–H groups in total. The van der Waals surface area contributed by atoms with Gasteiger partial charge in [-0.2, -0.15) is 0 Å². The Morgan fingerprint density at radius 2 is 2.14 bits per heavy atom. The van der Waals surface area contributed by atoms with Crippen LogP contribution in [0.5, 0.6) is 0 Å². The van der Waals surface area contributed by atoms with Crippen molar-refractivity contribution in [2.45, 2.75) is 39.8 Å². The highest BCUT2D eigenvalue weighted by Crippen LogP contribution is 2.11. The monoisotopic (exact) mass is 193 g/mol. The van der Waals surface area contributed by atoms with E-state index in [1.54, 1.807) is 0 Å². The standard InChI is InChI=1S/C11H19N3/c1-4-10-5-9(7-12)6-11(14-10)13-8(2)3/h5-6,8H,4,7,12H2,1-3H3,(H,13,14). The van der Waals surface area contributed by atoms with Gasteiger partial charge in [0.1, 0.15) is 5.82 Å². The third kappa shape index (κ3) is 3.00. The van der Waals surface area contributed by atoms with Gasteiger partial charge in [0.25, 0.3) is 0 Å². The number of nitrogens with one attached hydrogen (secondary N) is 1. The predicted octanol–water partition coefficient (Wildman–Crippen LogP) is 1.92. The molecule has 1 rings (SSSR count). The van der Waals surface area contributed by atoms with Crippen LogP contribution in [-0.4, -0.2) is 11.0 Å². The summed E-state index contributed by atoms with van der Waals surface area (Å²) in [7, 11) is 0. The van der Waals surface area contributed by atoms with Crippen molar-refractivity contribution in [1.29, 1.82) is 0 Å². The molecule has 1 aromatic rings. The van der Waals surface area contributed by atoms with Crippen LogP contribution in [0.1, 0.15) is 32.0 Å². The molecule has 0 saturated carbocycles. The molecule has 0 aromatic carbocycles.